The Labute approximate surface area is 161 Å². The Morgan fingerprint density at radius 2 is 2.00 bits per heavy atom. The third kappa shape index (κ3) is 4.03. The Morgan fingerprint density at radius 1 is 1.21 bits per heavy atom. The van der Waals surface area contributed by atoms with Crippen molar-refractivity contribution in [1.82, 2.24) is 29.6 Å². The molecule has 148 valence electrons. The first kappa shape index (κ1) is 19.5. The van der Waals surface area contributed by atoms with E-state index in [1.807, 2.05) is 31.5 Å². The SMILES string of the molecule is CCCn1c(=O)[nH]c(=O)c2cc(C(=O)NCCCn3nc(C)cc3C)cnc21. The number of carbonyl (C=O) groups excluding carboxylic acids is 1. The zero-order valence-electron chi connectivity index (χ0n) is 16.3. The number of hydrogen-bond acceptors (Lipinski definition) is 5. The van der Waals surface area contributed by atoms with E-state index in [0.29, 0.717) is 19.6 Å². The molecule has 0 spiro atoms. The van der Waals surface area contributed by atoms with Gasteiger partial charge in [0.25, 0.3) is 11.5 Å². The van der Waals surface area contributed by atoms with Gasteiger partial charge in [0.1, 0.15) is 5.65 Å². The summed E-state index contributed by atoms with van der Waals surface area (Å²) in [6, 6.07) is 3.48. The van der Waals surface area contributed by atoms with Gasteiger partial charge in [0.05, 0.1) is 16.6 Å². The molecule has 0 bridgehead atoms. The fourth-order valence-corrected chi connectivity index (χ4v) is 3.16. The van der Waals surface area contributed by atoms with E-state index in [4.69, 9.17) is 0 Å². The molecule has 0 radical (unpaired) electrons. The lowest BCUT2D eigenvalue weighted by Gasteiger charge is -2.09. The Kier molecular flexibility index (Phi) is 5.72. The van der Waals surface area contributed by atoms with E-state index in [0.717, 1.165) is 24.2 Å². The zero-order valence-corrected chi connectivity index (χ0v) is 16.3. The predicted octanol–water partition coefficient (Wildman–Crippen LogP) is 1.13. The van der Waals surface area contributed by atoms with Gasteiger partial charge in [-0.05, 0) is 38.8 Å². The second-order valence-electron chi connectivity index (χ2n) is 6.77. The van der Waals surface area contributed by atoms with Crippen LogP contribution in [0.1, 0.15) is 41.5 Å². The van der Waals surface area contributed by atoms with Crippen LogP contribution in [0.25, 0.3) is 11.0 Å². The molecule has 3 aromatic rings. The highest BCUT2D eigenvalue weighted by Gasteiger charge is 2.12. The van der Waals surface area contributed by atoms with Crippen LogP contribution in [0, 0.1) is 13.8 Å². The summed E-state index contributed by atoms with van der Waals surface area (Å²) in [5.74, 6) is -0.310. The summed E-state index contributed by atoms with van der Waals surface area (Å²) in [5, 5.41) is 7.44. The second kappa shape index (κ2) is 8.20. The minimum atomic E-state index is -0.543. The number of hydrogen-bond donors (Lipinski definition) is 2. The average molecular weight is 384 g/mol. The molecule has 0 unspecified atom stereocenters. The molecule has 0 fully saturated rings. The topological polar surface area (TPSA) is 115 Å². The number of nitrogens with zero attached hydrogens (tertiary/aromatic N) is 4. The number of aromatic nitrogens is 5. The number of rotatable bonds is 7. The van der Waals surface area contributed by atoms with Crippen LogP contribution in [-0.2, 0) is 13.1 Å². The van der Waals surface area contributed by atoms with Gasteiger partial charge in [-0.25, -0.2) is 9.78 Å². The van der Waals surface area contributed by atoms with Crippen molar-refractivity contribution in [2.45, 2.75) is 46.7 Å². The summed E-state index contributed by atoms with van der Waals surface area (Å²) in [7, 11) is 0. The molecule has 2 N–H and O–H groups in total. The van der Waals surface area contributed by atoms with Crippen molar-refractivity contribution in [3.05, 3.63) is 56.1 Å². The van der Waals surface area contributed by atoms with Gasteiger partial charge in [-0.2, -0.15) is 5.10 Å². The lowest BCUT2D eigenvalue weighted by molar-refractivity contribution is 0.0952. The predicted molar refractivity (Wildman–Crippen MR) is 106 cm³/mol. The van der Waals surface area contributed by atoms with E-state index in [1.165, 1.54) is 16.8 Å². The molecule has 3 aromatic heterocycles. The number of pyridine rings is 1. The molecular weight excluding hydrogens is 360 g/mol. The standard InChI is InChI=1S/C19H24N6O3/c1-4-7-24-16-15(18(27)22-19(24)28)10-14(11-21-16)17(26)20-6-5-8-25-13(3)9-12(2)23-25/h9-11H,4-8H2,1-3H3,(H,20,26)(H,22,27,28). The quantitative estimate of drug-likeness (QED) is 0.593. The maximum atomic E-state index is 12.4. The number of H-pyrrole nitrogens is 1. The molecule has 9 heteroatoms. The van der Waals surface area contributed by atoms with E-state index in [9.17, 15) is 14.4 Å². The number of nitrogens with one attached hydrogen (secondary N) is 2. The van der Waals surface area contributed by atoms with Gasteiger partial charge in [0.15, 0.2) is 0 Å². The van der Waals surface area contributed by atoms with Gasteiger partial charge in [-0.15, -0.1) is 0 Å². The number of fused-ring (bicyclic) bond motifs is 1. The van der Waals surface area contributed by atoms with Crippen LogP contribution in [-0.4, -0.2) is 36.8 Å². The number of aryl methyl sites for hydroxylation is 4. The highest BCUT2D eigenvalue weighted by Crippen LogP contribution is 2.08. The maximum absolute atomic E-state index is 12.4. The van der Waals surface area contributed by atoms with Crippen LogP contribution < -0.4 is 16.6 Å². The van der Waals surface area contributed by atoms with E-state index in [-0.39, 0.29) is 22.5 Å². The molecule has 3 heterocycles. The smallest absolute Gasteiger partial charge is 0.329 e. The summed E-state index contributed by atoms with van der Waals surface area (Å²) in [4.78, 5) is 43.0. The molecule has 9 nitrogen and oxygen atoms in total. The molecule has 1 amide bonds. The van der Waals surface area contributed by atoms with Crippen LogP contribution in [0.5, 0.6) is 0 Å². The van der Waals surface area contributed by atoms with Gasteiger partial charge in [0.2, 0.25) is 0 Å². The molecule has 0 aliphatic carbocycles. The Morgan fingerprint density at radius 3 is 2.68 bits per heavy atom. The highest BCUT2D eigenvalue weighted by molar-refractivity contribution is 5.96. The fourth-order valence-electron chi connectivity index (χ4n) is 3.16. The van der Waals surface area contributed by atoms with E-state index < -0.39 is 11.2 Å². The van der Waals surface area contributed by atoms with Crippen molar-refractivity contribution in [3.8, 4) is 0 Å². The van der Waals surface area contributed by atoms with Crippen molar-refractivity contribution >= 4 is 16.9 Å². The number of amides is 1. The Bertz CT molecular complexity index is 1120. The van der Waals surface area contributed by atoms with E-state index in [1.54, 1.807) is 0 Å². The van der Waals surface area contributed by atoms with Gasteiger partial charge in [0, 0.05) is 31.5 Å². The van der Waals surface area contributed by atoms with Crippen LogP contribution in [0.3, 0.4) is 0 Å². The van der Waals surface area contributed by atoms with Crippen molar-refractivity contribution in [1.29, 1.82) is 0 Å². The summed E-state index contributed by atoms with van der Waals surface area (Å²) in [6.45, 7) is 7.49. The van der Waals surface area contributed by atoms with E-state index in [2.05, 4.69) is 20.4 Å². The normalized spacial score (nSPS) is 11.1. The van der Waals surface area contributed by atoms with Gasteiger partial charge < -0.3 is 5.32 Å². The Balaban J connectivity index is 1.71. The summed E-state index contributed by atoms with van der Waals surface area (Å²) in [5.41, 5.74) is 1.59. The van der Waals surface area contributed by atoms with Crippen LogP contribution in [0.2, 0.25) is 0 Å². The number of aromatic amines is 1. The molecule has 0 atom stereocenters. The third-order valence-corrected chi connectivity index (χ3v) is 4.48. The maximum Gasteiger partial charge on any atom is 0.329 e. The molecule has 28 heavy (non-hydrogen) atoms. The van der Waals surface area contributed by atoms with Gasteiger partial charge in [-0.3, -0.25) is 23.8 Å². The lowest BCUT2D eigenvalue weighted by atomic mass is 10.2. The average Bonchev–Trinajstić information content (AvgIpc) is 2.99. The molecular formula is C19H24N6O3. The summed E-state index contributed by atoms with van der Waals surface area (Å²) >= 11 is 0. The molecule has 0 aliphatic heterocycles. The van der Waals surface area contributed by atoms with Gasteiger partial charge >= 0.3 is 5.69 Å². The van der Waals surface area contributed by atoms with Gasteiger partial charge in [-0.1, -0.05) is 6.92 Å². The van der Waals surface area contributed by atoms with Crippen LogP contribution >= 0.6 is 0 Å². The monoisotopic (exact) mass is 384 g/mol. The zero-order chi connectivity index (χ0) is 20.3. The van der Waals surface area contributed by atoms with Crippen molar-refractivity contribution in [2.24, 2.45) is 0 Å². The Hall–Kier alpha value is -3.23. The fraction of sp³-hybridized carbons (Fsp3) is 0.421. The molecule has 0 saturated carbocycles. The van der Waals surface area contributed by atoms with Crippen molar-refractivity contribution in [2.75, 3.05) is 6.54 Å². The second-order valence-corrected chi connectivity index (χ2v) is 6.77. The minimum absolute atomic E-state index is 0.225. The highest BCUT2D eigenvalue weighted by atomic mass is 16.2. The molecule has 3 rings (SSSR count). The molecule has 0 saturated heterocycles. The minimum Gasteiger partial charge on any atom is -0.352 e. The molecule has 0 aliphatic rings. The lowest BCUT2D eigenvalue weighted by Crippen LogP contribution is -2.31. The first-order valence-corrected chi connectivity index (χ1v) is 9.33. The summed E-state index contributed by atoms with van der Waals surface area (Å²) in [6.07, 6.45) is 2.84. The van der Waals surface area contributed by atoms with Crippen LogP contribution in [0.4, 0.5) is 0 Å². The van der Waals surface area contributed by atoms with E-state index >= 15 is 0 Å². The third-order valence-electron chi connectivity index (χ3n) is 4.48. The van der Waals surface area contributed by atoms with Crippen molar-refractivity contribution < 1.29 is 4.79 Å². The van der Waals surface area contributed by atoms with Crippen LogP contribution in [0.15, 0.2) is 27.9 Å². The first-order valence-electron chi connectivity index (χ1n) is 9.33. The largest absolute Gasteiger partial charge is 0.352 e. The summed E-state index contributed by atoms with van der Waals surface area (Å²) < 4.78 is 3.32. The molecule has 0 aromatic carbocycles. The number of carbonyl (C=O) groups is 1. The van der Waals surface area contributed by atoms with Crippen molar-refractivity contribution in [3.63, 3.8) is 0 Å². The first-order chi connectivity index (χ1) is 13.4.